The molecular weight excluding hydrogens is 360 g/mol. The first-order chi connectivity index (χ1) is 13.2. The third-order valence-electron chi connectivity index (χ3n) is 3.64. The number of hydrogen-bond donors (Lipinski definition) is 2. The minimum Gasteiger partial charge on any atom is -0.495 e. The molecule has 0 unspecified atom stereocenters. The van der Waals surface area contributed by atoms with E-state index in [1.807, 2.05) is 26.8 Å². The molecule has 2 rings (SSSR count). The van der Waals surface area contributed by atoms with Crippen LogP contribution in [-0.4, -0.2) is 31.8 Å². The highest BCUT2D eigenvalue weighted by Crippen LogP contribution is 2.27. The molecule has 28 heavy (non-hydrogen) atoms. The van der Waals surface area contributed by atoms with Crippen LogP contribution in [0.2, 0.25) is 0 Å². The number of para-hydroxylation sites is 2. The fraction of sp³-hybridized carbons (Fsp3) is 0.333. The lowest BCUT2D eigenvalue weighted by Crippen LogP contribution is -2.25. The maximum absolute atomic E-state index is 12.3. The van der Waals surface area contributed by atoms with Gasteiger partial charge in [-0.15, -0.1) is 0 Å². The number of benzene rings is 2. The van der Waals surface area contributed by atoms with Crippen molar-refractivity contribution in [1.82, 2.24) is 0 Å². The van der Waals surface area contributed by atoms with Crippen LogP contribution in [0.25, 0.3) is 0 Å². The van der Waals surface area contributed by atoms with Crippen molar-refractivity contribution in [1.29, 1.82) is 0 Å². The average molecular weight is 386 g/mol. The molecule has 0 bridgehead atoms. The van der Waals surface area contributed by atoms with Gasteiger partial charge in [-0.25, -0.2) is 4.79 Å². The van der Waals surface area contributed by atoms with E-state index in [9.17, 15) is 9.59 Å². The number of urea groups is 1. The Bertz CT molecular complexity index is 843. The van der Waals surface area contributed by atoms with Crippen LogP contribution < -0.4 is 20.1 Å². The number of esters is 1. The molecule has 0 radical (unpaired) electrons. The van der Waals surface area contributed by atoms with Crippen molar-refractivity contribution in [3.8, 4) is 11.5 Å². The Balaban J connectivity index is 2.07. The molecule has 0 aliphatic rings. The summed E-state index contributed by atoms with van der Waals surface area (Å²) in [6.45, 7) is 5.45. The Kier molecular flexibility index (Phi) is 6.87. The molecule has 2 amide bonds. The number of nitrogens with one attached hydrogen (secondary N) is 2. The monoisotopic (exact) mass is 386 g/mol. The van der Waals surface area contributed by atoms with Crippen molar-refractivity contribution in [3.63, 3.8) is 0 Å². The molecule has 0 atom stereocenters. The maximum Gasteiger partial charge on any atom is 0.323 e. The second kappa shape index (κ2) is 9.12. The molecule has 2 aromatic carbocycles. The van der Waals surface area contributed by atoms with Crippen molar-refractivity contribution in [2.75, 3.05) is 24.9 Å². The number of carbonyl (C=O) groups is 2. The molecule has 0 saturated heterocycles. The Morgan fingerprint density at radius 3 is 2.11 bits per heavy atom. The van der Waals surface area contributed by atoms with Crippen molar-refractivity contribution >= 4 is 23.4 Å². The van der Waals surface area contributed by atoms with Gasteiger partial charge < -0.3 is 24.8 Å². The zero-order valence-corrected chi connectivity index (χ0v) is 16.8. The van der Waals surface area contributed by atoms with E-state index in [1.165, 1.54) is 14.2 Å². The first kappa shape index (κ1) is 21.1. The lowest BCUT2D eigenvalue weighted by Gasteiger charge is -2.19. The van der Waals surface area contributed by atoms with Gasteiger partial charge in [-0.1, -0.05) is 18.2 Å². The third-order valence-corrected chi connectivity index (χ3v) is 3.64. The van der Waals surface area contributed by atoms with Crippen LogP contribution in [0.4, 0.5) is 16.2 Å². The van der Waals surface area contributed by atoms with E-state index in [-0.39, 0.29) is 12.4 Å². The van der Waals surface area contributed by atoms with Crippen LogP contribution in [-0.2, 0) is 16.0 Å². The second-order valence-corrected chi connectivity index (χ2v) is 7.08. The van der Waals surface area contributed by atoms with E-state index in [4.69, 9.17) is 14.2 Å². The topological polar surface area (TPSA) is 85.9 Å². The minimum absolute atomic E-state index is 0.112. The summed E-state index contributed by atoms with van der Waals surface area (Å²) in [4.78, 5) is 24.3. The van der Waals surface area contributed by atoms with Gasteiger partial charge >= 0.3 is 12.0 Å². The Morgan fingerprint density at radius 2 is 1.50 bits per heavy atom. The van der Waals surface area contributed by atoms with Crippen LogP contribution in [0.15, 0.2) is 42.5 Å². The number of methoxy groups -OCH3 is 2. The highest BCUT2D eigenvalue weighted by Gasteiger charge is 2.17. The van der Waals surface area contributed by atoms with Gasteiger partial charge in [0.05, 0.1) is 32.0 Å². The third kappa shape index (κ3) is 6.19. The number of hydrogen-bond acceptors (Lipinski definition) is 5. The van der Waals surface area contributed by atoms with E-state index in [0.717, 1.165) is 5.56 Å². The molecule has 0 aromatic heterocycles. The molecule has 0 aliphatic heterocycles. The fourth-order valence-electron chi connectivity index (χ4n) is 2.52. The highest BCUT2D eigenvalue weighted by atomic mass is 16.6. The fourth-order valence-corrected chi connectivity index (χ4v) is 2.52. The molecule has 0 heterocycles. The summed E-state index contributed by atoms with van der Waals surface area (Å²) in [6, 6.07) is 11.8. The van der Waals surface area contributed by atoms with Crippen LogP contribution in [0.3, 0.4) is 0 Å². The quantitative estimate of drug-likeness (QED) is 0.726. The SMILES string of the molecule is COc1ccccc1NC(=O)Nc1ccc(CC(=O)OC(C)(C)C)cc1OC. The molecule has 2 aromatic rings. The summed E-state index contributed by atoms with van der Waals surface area (Å²) in [6.07, 6.45) is 0.112. The van der Waals surface area contributed by atoms with Gasteiger partial charge in [0.25, 0.3) is 0 Å². The first-order valence-corrected chi connectivity index (χ1v) is 8.81. The zero-order valence-electron chi connectivity index (χ0n) is 16.8. The normalized spacial score (nSPS) is 10.8. The lowest BCUT2D eigenvalue weighted by atomic mass is 10.1. The molecule has 7 nitrogen and oxygen atoms in total. The van der Waals surface area contributed by atoms with Gasteiger partial charge in [0.15, 0.2) is 0 Å². The van der Waals surface area contributed by atoms with E-state index in [2.05, 4.69) is 10.6 Å². The number of ether oxygens (including phenoxy) is 3. The summed E-state index contributed by atoms with van der Waals surface area (Å²) in [5.74, 6) is 0.665. The van der Waals surface area contributed by atoms with Gasteiger partial charge in [-0.3, -0.25) is 4.79 Å². The summed E-state index contributed by atoms with van der Waals surface area (Å²) in [5.41, 5.74) is 1.20. The summed E-state index contributed by atoms with van der Waals surface area (Å²) in [7, 11) is 3.03. The maximum atomic E-state index is 12.3. The van der Waals surface area contributed by atoms with Crippen LogP contribution >= 0.6 is 0 Å². The van der Waals surface area contributed by atoms with E-state index in [0.29, 0.717) is 22.9 Å². The smallest absolute Gasteiger partial charge is 0.323 e. The number of carbonyl (C=O) groups excluding carboxylic acids is 2. The lowest BCUT2D eigenvalue weighted by molar-refractivity contribution is -0.153. The largest absolute Gasteiger partial charge is 0.495 e. The minimum atomic E-state index is -0.542. The predicted octanol–water partition coefficient (Wildman–Crippen LogP) is 4.23. The van der Waals surface area contributed by atoms with Gasteiger partial charge in [0.1, 0.15) is 17.1 Å². The summed E-state index contributed by atoms with van der Waals surface area (Å²) < 4.78 is 15.9. The molecule has 0 saturated carbocycles. The number of amides is 2. The molecule has 7 heteroatoms. The van der Waals surface area contributed by atoms with Gasteiger partial charge in [-0.2, -0.15) is 0 Å². The molecule has 0 spiro atoms. The molecule has 0 aliphatic carbocycles. The summed E-state index contributed by atoms with van der Waals surface area (Å²) >= 11 is 0. The Labute approximate surface area is 165 Å². The predicted molar refractivity (Wildman–Crippen MR) is 108 cm³/mol. The number of anilines is 2. The van der Waals surface area contributed by atoms with Crippen molar-refractivity contribution in [2.24, 2.45) is 0 Å². The van der Waals surface area contributed by atoms with E-state index in [1.54, 1.807) is 36.4 Å². The van der Waals surface area contributed by atoms with Crippen LogP contribution in [0.1, 0.15) is 26.3 Å². The van der Waals surface area contributed by atoms with Crippen molar-refractivity contribution < 1.29 is 23.8 Å². The molecule has 2 N–H and O–H groups in total. The second-order valence-electron chi connectivity index (χ2n) is 7.08. The van der Waals surface area contributed by atoms with Gasteiger partial charge in [-0.05, 0) is 50.6 Å². The van der Waals surface area contributed by atoms with Crippen molar-refractivity contribution in [2.45, 2.75) is 32.8 Å². The number of rotatable bonds is 6. The van der Waals surface area contributed by atoms with Crippen LogP contribution in [0, 0.1) is 0 Å². The van der Waals surface area contributed by atoms with E-state index >= 15 is 0 Å². The molecule has 150 valence electrons. The zero-order chi connectivity index (χ0) is 20.7. The van der Waals surface area contributed by atoms with Gasteiger partial charge in [0, 0.05) is 0 Å². The summed E-state index contributed by atoms with van der Waals surface area (Å²) in [5, 5.41) is 5.46. The standard InChI is InChI=1S/C21H26N2O5/c1-21(2,3)28-19(24)13-14-10-11-16(18(12-14)27-5)23-20(25)22-15-8-6-7-9-17(15)26-4/h6-12H,13H2,1-5H3,(H2,22,23,25). The van der Waals surface area contributed by atoms with Crippen molar-refractivity contribution in [3.05, 3.63) is 48.0 Å². The van der Waals surface area contributed by atoms with Gasteiger partial charge in [0.2, 0.25) is 0 Å². The average Bonchev–Trinajstić information content (AvgIpc) is 2.61. The Morgan fingerprint density at radius 1 is 0.893 bits per heavy atom. The highest BCUT2D eigenvalue weighted by molar-refractivity contribution is 6.01. The van der Waals surface area contributed by atoms with E-state index < -0.39 is 11.6 Å². The molecule has 0 fully saturated rings. The van der Waals surface area contributed by atoms with Crippen LogP contribution in [0.5, 0.6) is 11.5 Å². The first-order valence-electron chi connectivity index (χ1n) is 8.81. The Hall–Kier alpha value is -3.22. The molecular formula is C21H26N2O5.